The number of nitrogen functional groups attached to an aromatic ring is 4. The number of esters is 3. The molecule has 23 nitrogen and oxygen atoms in total. The molecular weight excluding hydrogens is 1960 g/mol. The first kappa shape index (κ1) is 104. The molecule has 0 radical (unpaired) electrons. The van der Waals surface area contributed by atoms with Gasteiger partial charge in [0.1, 0.15) is 6.10 Å². The van der Waals surface area contributed by atoms with Crippen LogP contribution < -0.4 is 22.9 Å². The largest absolute Gasteiger partial charge is 0.479 e. The lowest BCUT2D eigenvalue weighted by Gasteiger charge is -2.29. The Balaban J connectivity index is 0.000000160. The van der Waals surface area contributed by atoms with Crippen LogP contribution in [0.4, 0.5) is 20.5 Å². The number of carboxylic acids is 1. The van der Waals surface area contributed by atoms with E-state index < -0.39 is 76.8 Å². The summed E-state index contributed by atoms with van der Waals surface area (Å²) in [7, 11) is 3.98. The van der Waals surface area contributed by atoms with Crippen LogP contribution >= 0.6 is 131 Å². The Kier molecular flexibility index (Phi) is 33.7. The van der Waals surface area contributed by atoms with Crippen LogP contribution in [0.5, 0.6) is 0 Å². The lowest BCUT2D eigenvalue weighted by atomic mass is 9.91. The van der Waals surface area contributed by atoms with Gasteiger partial charge in [-0.2, -0.15) is 0 Å². The van der Waals surface area contributed by atoms with Gasteiger partial charge in [0.25, 0.3) is 0 Å². The van der Waals surface area contributed by atoms with Crippen LogP contribution in [0.2, 0.25) is 25.1 Å². The number of halogens is 6. The lowest BCUT2D eigenvalue weighted by molar-refractivity contribution is -0.164. The number of hydrogen-bond donors (Lipinski definition) is 7. The number of aliphatic hydroxyl groups excluding tert-OH is 2. The average molecular weight is 2060 g/mol. The highest BCUT2D eigenvalue weighted by Gasteiger charge is 2.38. The van der Waals surface area contributed by atoms with Gasteiger partial charge in [-0.3, -0.25) is 0 Å². The highest BCUT2D eigenvalue weighted by Crippen LogP contribution is 2.50. The first-order chi connectivity index (χ1) is 62.4. The Morgan fingerprint density at radius 3 is 0.835 bits per heavy atom. The molecule has 0 spiro atoms. The first-order valence-corrected chi connectivity index (χ1v) is 48.3. The van der Waals surface area contributed by atoms with E-state index >= 15 is 0 Å². The van der Waals surface area contributed by atoms with Gasteiger partial charge in [0, 0.05) is 75.2 Å². The second-order valence-electron chi connectivity index (χ2n) is 34.9. The summed E-state index contributed by atoms with van der Waals surface area (Å²) in [6.07, 6.45) is -4.71. The minimum atomic E-state index is -1.39. The average Bonchev–Trinajstić information content (AvgIpc) is 1.70. The number of methoxy groups -OCH3 is 3. The van der Waals surface area contributed by atoms with Crippen LogP contribution in [-0.2, 0) is 52.3 Å². The number of nitrogens with zero attached hydrogens (tertiary/aromatic N) is 5. The molecule has 0 amide bonds. The molecule has 0 fully saturated rings. The maximum atomic E-state index is 12.7. The van der Waals surface area contributed by atoms with Crippen molar-refractivity contribution in [3.63, 3.8) is 0 Å². The molecule has 0 saturated carbocycles. The number of rotatable bonds is 19. The number of carbonyl (C=O) groups excluding carboxylic acids is 3. The standard InChI is InChI=1S/C21H21BrClNO3S.C21H23ClN2O3S.C20H21ClN2O3S.C20H23ClN2O2S.C17H15ClN2O3S/c1-11-10-14-18(28-20(22)24-14)16(12-6-8-13(23)9-7-12)15(11)17(19(25)26-5)27-21(2,3)4;1-11-10-14-18(28-20(23)24-14)16(12-6-8-13(22)9-7-12)15(11)17(19(25)26-5)27-21(2,3)4;1-10-9-13-17(27-19(22)23-13)15(11-5-7-12(21)8-6-11)14(10)16(18(24)25)26-20(2,3)4;1-11-9-14-18(26-19(22)23-14)17(12-5-7-13(21)8-6-12)16(11)15(10-24)25-20(2,3)4;1-8-7-11-15(24-17(19)20-11)13(9-3-5-10(18)6-4-9)12(8)14(21)16(22)23-2/h6-10,17H,1-5H3;6-10,17H,1-5H3,(H2,23,24);5-9,16H,1-4H3,(H2,22,23)(H,24,25);5-9,15,24H,10H2,1-4H3,(H2,22,23);3-7,14,21H,1-2H3,(H2,19,20)/t2*17-;16-;15-;14-/m00010/s1. The molecule has 15 rings (SSSR count). The number of hydrogen-bond acceptors (Lipinski definition) is 27. The third kappa shape index (κ3) is 25.4. The first-order valence-electron chi connectivity index (χ1n) is 41.5. The Hall–Kier alpha value is -9.58. The van der Waals surface area contributed by atoms with E-state index in [-0.39, 0.29) is 6.61 Å². The molecule has 5 heterocycles. The zero-order valence-corrected chi connectivity index (χ0v) is 86.2. The van der Waals surface area contributed by atoms with Crippen molar-refractivity contribution >= 4 is 226 Å². The Morgan fingerprint density at radius 1 is 0.353 bits per heavy atom. The van der Waals surface area contributed by atoms with Crippen molar-refractivity contribution in [1.82, 2.24) is 24.9 Å². The number of carboxylic acid groups (broad SMARTS) is 1. The third-order valence-electron chi connectivity index (χ3n) is 20.3. The molecule has 15 aromatic rings. The van der Waals surface area contributed by atoms with Gasteiger partial charge in [-0.1, -0.05) is 164 Å². The fraction of sp³-hybridized carbons (Fsp3) is 0.303. The fourth-order valence-electron chi connectivity index (χ4n) is 15.2. The number of benzene rings is 10. The maximum absolute atomic E-state index is 12.7. The van der Waals surface area contributed by atoms with E-state index in [9.17, 15) is 34.5 Å². The van der Waals surface area contributed by atoms with Crippen molar-refractivity contribution in [2.24, 2.45) is 0 Å². The molecule has 0 bridgehead atoms. The van der Waals surface area contributed by atoms with Crippen LogP contribution in [0.15, 0.2) is 156 Å². The molecule has 0 saturated heterocycles. The van der Waals surface area contributed by atoms with Crippen LogP contribution in [0.1, 0.15) is 169 Å². The predicted octanol–water partition coefficient (Wildman–Crippen LogP) is 26.8. The molecular formula is C99H103BrCl5N9O14S5. The van der Waals surface area contributed by atoms with Crippen molar-refractivity contribution < 1.29 is 67.7 Å². The molecule has 5 atom stereocenters. The topological polar surface area (TPSA) is 362 Å². The summed E-state index contributed by atoms with van der Waals surface area (Å²) in [6, 6.07) is 46.7. The summed E-state index contributed by atoms with van der Waals surface area (Å²) < 4.78 is 44.6. The Morgan fingerprint density at radius 2 is 0.579 bits per heavy atom. The summed E-state index contributed by atoms with van der Waals surface area (Å²) in [4.78, 5) is 71.6. The zero-order chi connectivity index (χ0) is 97.7. The minimum absolute atomic E-state index is 0.113. The highest BCUT2D eigenvalue weighted by molar-refractivity contribution is 9.11. The van der Waals surface area contributed by atoms with Gasteiger partial charge in [0.15, 0.2) is 48.9 Å². The number of ether oxygens (including phenoxy) is 7. The van der Waals surface area contributed by atoms with E-state index in [2.05, 4.69) is 40.8 Å². The summed E-state index contributed by atoms with van der Waals surface area (Å²) >= 11 is 40.7. The molecule has 10 aromatic carbocycles. The number of nitrogens with two attached hydrogens (primary N) is 4. The van der Waals surface area contributed by atoms with Gasteiger partial charge in [-0.05, 0) is 286 Å². The molecule has 11 N–H and O–H groups in total. The number of aromatic nitrogens is 5. The van der Waals surface area contributed by atoms with E-state index in [1.807, 2.05) is 245 Å². The normalized spacial score (nSPS) is 12.9. The van der Waals surface area contributed by atoms with Crippen LogP contribution in [-0.4, -0.2) is 114 Å². The van der Waals surface area contributed by atoms with Crippen molar-refractivity contribution in [3.8, 4) is 55.6 Å². The second-order valence-corrected chi connectivity index (χ2v) is 43.5. The van der Waals surface area contributed by atoms with Crippen LogP contribution in [0.25, 0.3) is 107 Å². The highest BCUT2D eigenvalue weighted by atomic mass is 79.9. The summed E-state index contributed by atoms with van der Waals surface area (Å²) in [5, 5.41) is 35.5. The second kappa shape index (κ2) is 43.2. The smallest absolute Gasteiger partial charge is 0.339 e. The Bertz CT molecular complexity index is 6620. The molecule has 0 aliphatic heterocycles. The molecule has 700 valence electrons. The van der Waals surface area contributed by atoms with Gasteiger partial charge >= 0.3 is 23.9 Å². The van der Waals surface area contributed by atoms with Crippen molar-refractivity contribution in [2.45, 2.75) is 171 Å². The summed E-state index contributed by atoms with van der Waals surface area (Å²) in [5.74, 6) is -2.65. The molecule has 5 aromatic heterocycles. The lowest BCUT2D eigenvalue weighted by Crippen LogP contribution is -2.29. The van der Waals surface area contributed by atoms with Gasteiger partial charge in [0.2, 0.25) is 0 Å². The zero-order valence-electron chi connectivity index (χ0n) is 76.7. The quantitative estimate of drug-likeness (QED) is 0.0292. The number of fused-ring (bicyclic) bond motifs is 5. The van der Waals surface area contributed by atoms with Gasteiger partial charge in [-0.25, -0.2) is 44.1 Å². The molecule has 0 unspecified atom stereocenters. The monoisotopic (exact) mass is 2060 g/mol. The minimum Gasteiger partial charge on any atom is -0.479 e. The molecule has 0 aliphatic carbocycles. The van der Waals surface area contributed by atoms with E-state index in [0.717, 1.165) is 150 Å². The molecule has 0 aliphatic rings. The number of anilines is 4. The summed E-state index contributed by atoms with van der Waals surface area (Å²) in [5.41, 5.74) is 42.3. The van der Waals surface area contributed by atoms with Crippen LogP contribution in [0, 0.1) is 34.6 Å². The molecule has 34 heteroatoms. The number of aryl methyl sites for hydroxylation is 5. The van der Waals surface area contributed by atoms with Crippen molar-refractivity contribution in [2.75, 3.05) is 50.9 Å². The Labute approximate surface area is 825 Å². The van der Waals surface area contributed by atoms with Gasteiger partial charge in [-0.15, -0.1) is 11.3 Å². The van der Waals surface area contributed by atoms with Gasteiger partial charge in [0.05, 0.1) is 101 Å². The van der Waals surface area contributed by atoms with E-state index in [0.29, 0.717) is 62.3 Å². The summed E-state index contributed by atoms with van der Waals surface area (Å²) in [6.45, 7) is 32.4. The van der Waals surface area contributed by atoms with E-state index in [1.165, 1.54) is 78.0 Å². The number of aliphatic carboxylic acids is 1. The maximum Gasteiger partial charge on any atom is 0.339 e. The SMILES string of the molecule is COC(=O)[C@@H](O)c1c(C)cc2nc(N)sc2c1-c1ccc(Cl)cc1.COC(=O)[C@@H](OC(C)(C)C)c1c(C)cc2nc(Br)sc2c1-c1ccc(Cl)cc1.COC(=O)[C@@H](OC(C)(C)C)c1c(C)cc2nc(N)sc2c1-c1ccc(Cl)cc1.Cc1cc2nc(N)sc2c(-c2ccc(Cl)cc2)c1[C@@H](CO)OC(C)(C)C.Cc1cc2nc(N)sc2c(-c2ccc(Cl)cc2)c1[C@H](OC(C)(C)C)C(=O)O. The number of aliphatic hydroxyl groups is 2. The van der Waals surface area contributed by atoms with Gasteiger partial charge < -0.3 is 71.4 Å². The van der Waals surface area contributed by atoms with E-state index in [4.69, 9.17) is 114 Å². The third-order valence-corrected chi connectivity index (χ3v) is 26.8. The van der Waals surface area contributed by atoms with Crippen molar-refractivity contribution in [3.05, 3.63) is 236 Å². The number of thiazole rings is 5. The van der Waals surface area contributed by atoms with Crippen molar-refractivity contribution in [1.29, 1.82) is 0 Å². The van der Waals surface area contributed by atoms with E-state index in [1.54, 1.807) is 24.3 Å². The predicted molar refractivity (Wildman–Crippen MR) is 549 cm³/mol. The fourth-order valence-corrected chi connectivity index (χ4v) is 20.9. The number of carbonyl (C=O) groups is 4. The van der Waals surface area contributed by atoms with Crippen LogP contribution in [0.3, 0.4) is 0 Å². The molecule has 133 heavy (non-hydrogen) atoms.